The SMILES string of the molecule is COc1cccc(S(=O)(=O)N2CCCC(Oc3ncc(Cl)cn3)C2)c1. The van der Waals surface area contributed by atoms with Crippen LogP contribution in [0, 0.1) is 0 Å². The van der Waals surface area contributed by atoms with Gasteiger partial charge in [0.1, 0.15) is 11.9 Å². The Morgan fingerprint density at radius 2 is 2.04 bits per heavy atom. The zero-order valence-electron chi connectivity index (χ0n) is 13.6. The zero-order valence-corrected chi connectivity index (χ0v) is 15.2. The Balaban J connectivity index is 1.74. The molecule has 1 unspecified atom stereocenters. The van der Waals surface area contributed by atoms with E-state index in [1.54, 1.807) is 18.2 Å². The van der Waals surface area contributed by atoms with E-state index in [9.17, 15) is 8.42 Å². The molecule has 0 radical (unpaired) electrons. The van der Waals surface area contributed by atoms with Crippen molar-refractivity contribution >= 4 is 21.6 Å². The number of hydrogen-bond donors (Lipinski definition) is 0. The van der Waals surface area contributed by atoms with E-state index in [1.165, 1.54) is 29.9 Å². The first-order valence-electron chi connectivity index (χ1n) is 7.77. The topological polar surface area (TPSA) is 81.6 Å². The molecule has 0 bridgehead atoms. The van der Waals surface area contributed by atoms with Crippen LogP contribution in [-0.4, -0.2) is 49.0 Å². The maximum absolute atomic E-state index is 12.9. The zero-order chi connectivity index (χ0) is 17.9. The van der Waals surface area contributed by atoms with Crippen LogP contribution in [0.15, 0.2) is 41.6 Å². The van der Waals surface area contributed by atoms with E-state index < -0.39 is 10.0 Å². The van der Waals surface area contributed by atoms with Crippen LogP contribution in [0.2, 0.25) is 5.02 Å². The molecule has 7 nitrogen and oxygen atoms in total. The summed E-state index contributed by atoms with van der Waals surface area (Å²) in [6.07, 6.45) is 4.00. The third kappa shape index (κ3) is 4.20. The summed E-state index contributed by atoms with van der Waals surface area (Å²) in [5.41, 5.74) is 0. The van der Waals surface area contributed by atoms with Gasteiger partial charge in [-0.15, -0.1) is 0 Å². The summed E-state index contributed by atoms with van der Waals surface area (Å²) in [6.45, 7) is 0.687. The van der Waals surface area contributed by atoms with Gasteiger partial charge in [-0.05, 0) is 25.0 Å². The highest BCUT2D eigenvalue weighted by atomic mass is 35.5. The van der Waals surface area contributed by atoms with Crippen LogP contribution in [0.1, 0.15) is 12.8 Å². The fourth-order valence-corrected chi connectivity index (χ4v) is 4.28. The van der Waals surface area contributed by atoms with E-state index in [1.807, 2.05) is 0 Å². The standard InChI is InChI=1S/C16H18ClN3O4S/c1-23-13-4-2-6-15(8-13)25(21,22)20-7-3-5-14(11-20)24-16-18-9-12(17)10-19-16/h2,4,6,8-10,14H,3,5,7,11H2,1H3. The Morgan fingerprint density at radius 3 is 2.76 bits per heavy atom. The fourth-order valence-electron chi connectivity index (χ4n) is 2.64. The molecule has 2 heterocycles. The lowest BCUT2D eigenvalue weighted by atomic mass is 10.1. The van der Waals surface area contributed by atoms with Gasteiger partial charge in [-0.3, -0.25) is 0 Å². The maximum atomic E-state index is 12.9. The van der Waals surface area contributed by atoms with E-state index >= 15 is 0 Å². The second kappa shape index (κ2) is 7.55. The summed E-state index contributed by atoms with van der Waals surface area (Å²) in [6, 6.07) is 6.63. The second-order valence-electron chi connectivity index (χ2n) is 5.61. The largest absolute Gasteiger partial charge is 0.497 e. The average Bonchev–Trinajstić information content (AvgIpc) is 2.64. The molecule has 2 aromatic rings. The number of hydrogen-bond acceptors (Lipinski definition) is 6. The summed E-state index contributed by atoms with van der Waals surface area (Å²) in [4.78, 5) is 8.19. The number of aromatic nitrogens is 2. The lowest BCUT2D eigenvalue weighted by Gasteiger charge is -2.31. The first-order valence-corrected chi connectivity index (χ1v) is 9.59. The number of methoxy groups -OCH3 is 1. The molecule has 0 amide bonds. The van der Waals surface area contributed by atoms with Crippen molar-refractivity contribution in [3.63, 3.8) is 0 Å². The number of piperidine rings is 1. The van der Waals surface area contributed by atoms with Gasteiger partial charge in [-0.25, -0.2) is 18.4 Å². The molecule has 1 atom stereocenters. The molecule has 1 saturated heterocycles. The van der Waals surface area contributed by atoms with Gasteiger partial charge >= 0.3 is 6.01 Å². The number of halogens is 1. The quantitative estimate of drug-likeness (QED) is 0.788. The minimum Gasteiger partial charge on any atom is -0.497 e. The summed E-state index contributed by atoms with van der Waals surface area (Å²) < 4.78 is 38.0. The monoisotopic (exact) mass is 383 g/mol. The smallest absolute Gasteiger partial charge is 0.316 e. The molecule has 3 rings (SSSR count). The van der Waals surface area contributed by atoms with E-state index in [0.29, 0.717) is 23.7 Å². The summed E-state index contributed by atoms with van der Waals surface area (Å²) >= 11 is 5.75. The van der Waals surface area contributed by atoms with Crippen molar-refractivity contribution in [2.75, 3.05) is 20.2 Å². The summed E-state index contributed by atoms with van der Waals surface area (Å²) in [7, 11) is -2.11. The molecule has 0 N–H and O–H groups in total. The van der Waals surface area contributed by atoms with Crippen molar-refractivity contribution < 1.29 is 17.9 Å². The first-order chi connectivity index (χ1) is 12.0. The van der Waals surface area contributed by atoms with Gasteiger partial charge < -0.3 is 9.47 Å². The predicted molar refractivity (Wildman–Crippen MR) is 92.4 cm³/mol. The van der Waals surface area contributed by atoms with Gasteiger partial charge in [0.15, 0.2) is 0 Å². The second-order valence-corrected chi connectivity index (χ2v) is 7.98. The van der Waals surface area contributed by atoms with Crippen LogP contribution in [0.5, 0.6) is 11.8 Å². The van der Waals surface area contributed by atoms with E-state index in [4.69, 9.17) is 21.1 Å². The van der Waals surface area contributed by atoms with Crippen LogP contribution in [0.4, 0.5) is 0 Å². The molecule has 9 heteroatoms. The molecular formula is C16H18ClN3O4S. The third-order valence-corrected chi connectivity index (χ3v) is 5.94. The molecule has 1 fully saturated rings. The molecule has 1 aliphatic heterocycles. The Bertz CT molecular complexity index is 830. The summed E-state index contributed by atoms with van der Waals surface area (Å²) in [5.74, 6) is 0.500. The van der Waals surface area contributed by atoms with Crippen LogP contribution in [0.3, 0.4) is 0 Å². The molecule has 0 aliphatic carbocycles. The Hall–Kier alpha value is -1.90. The van der Waals surface area contributed by atoms with Crippen molar-refractivity contribution in [3.8, 4) is 11.8 Å². The van der Waals surface area contributed by atoms with Gasteiger partial charge in [0.25, 0.3) is 0 Å². The number of nitrogens with zero attached hydrogens (tertiary/aromatic N) is 3. The van der Waals surface area contributed by atoms with E-state index in [0.717, 1.165) is 6.42 Å². The normalized spacial score (nSPS) is 18.7. The van der Waals surface area contributed by atoms with Crippen molar-refractivity contribution in [1.29, 1.82) is 0 Å². The highest BCUT2D eigenvalue weighted by Gasteiger charge is 2.31. The first kappa shape index (κ1) is 17.9. The fraction of sp³-hybridized carbons (Fsp3) is 0.375. The van der Waals surface area contributed by atoms with Crippen molar-refractivity contribution in [2.45, 2.75) is 23.8 Å². The number of rotatable bonds is 5. The Labute approximate surface area is 151 Å². The third-order valence-electron chi connectivity index (χ3n) is 3.89. The van der Waals surface area contributed by atoms with Crippen molar-refractivity contribution in [2.24, 2.45) is 0 Å². The van der Waals surface area contributed by atoms with E-state index in [-0.39, 0.29) is 23.6 Å². The van der Waals surface area contributed by atoms with Gasteiger partial charge in [0.05, 0.1) is 36.0 Å². The maximum Gasteiger partial charge on any atom is 0.316 e. The van der Waals surface area contributed by atoms with Crippen molar-refractivity contribution in [1.82, 2.24) is 14.3 Å². The molecular weight excluding hydrogens is 366 g/mol. The van der Waals surface area contributed by atoms with Crippen LogP contribution >= 0.6 is 11.6 Å². The number of sulfonamides is 1. The molecule has 1 aromatic carbocycles. The van der Waals surface area contributed by atoms with Crippen LogP contribution in [-0.2, 0) is 10.0 Å². The molecule has 1 aliphatic rings. The average molecular weight is 384 g/mol. The highest BCUT2D eigenvalue weighted by molar-refractivity contribution is 7.89. The molecule has 134 valence electrons. The van der Waals surface area contributed by atoms with Crippen molar-refractivity contribution in [3.05, 3.63) is 41.7 Å². The summed E-state index contributed by atoms with van der Waals surface area (Å²) in [5, 5.41) is 0.415. The molecule has 25 heavy (non-hydrogen) atoms. The van der Waals surface area contributed by atoms with Gasteiger partial charge in [0, 0.05) is 12.6 Å². The number of ether oxygens (including phenoxy) is 2. The Kier molecular flexibility index (Phi) is 5.41. The van der Waals surface area contributed by atoms with Gasteiger partial charge in [0.2, 0.25) is 10.0 Å². The van der Waals surface area contributed by atoms with Crippen LogP contribution < -0.4 is 9.47 Å². The minimum atomic E-state index is -3.62. The Morgan fingerprint density at radius 1 is 1.28 bits per heavy atom. The highest BCUT2D eigenvalue weighted by Crippen LogP contribution is 2.25. The molecule has 0 spiro atoms. The van der Waals surface area contributed by atoms with Crippen LogP contribution in [0.25, 0.3) is 0 Å². The molecule has 1 aromatic heterocycles. The van der Waals surface area contributed by atoms with Gasteiger partial charge in [-0.2, -0.15) is 4.31 Å². The number of benzene rings is 1. The van der Waals surface area contributed by atoms with Gasteiger partial charge in [-0.1, -0.05) is 17.7 Å². The lowest BCUT2D eigenvalue weighted by Crippen LogP contribution is -2.44. The molecule has 0 saturated carbocycles. The van der Waals surface area contributed by atoms with E-state index in [2.05, 4.69) is 9.97 Å². The predicted octanol–water partition coefficient (Wildman–Crippen LogP) is 2.37. The lowest BCUT2D eigenvalue weighted by molar-refractivity contribution is 0.119. The minimum absolute atomic E-state index is 0.190.